The number of anilines is 1. The van der Waals surface area contributed by atoms with E-state index < -0.39 is 11.8 Å². The number of aromatic nitrogens is 3. The molecule has 31 heavy (non-hydrogen) atoms. The second-order valence-electron chi connectivity index (χ2n) is 9.13. The summed E-state index contributed by atoms with van der Waals surface area (Å²) in [6.07, 6.45) is 4.69. The van der Waals surface area contributed by atoms with Crippen molar-refractivity contribution in [3.8, 4) is 0 Å². The molecule has 3 heterocycles. The highest BCUT2D eigenvalue weighted by Gasteiger charge is 2.47. The van der Waals surface area contributed by atoms with Crippen LogP contribution < -0.4 is 10.6 Å². The predicted molar refractivity (Wildman–Crippen MR) is 122 cm³/mol. The highest BCUT2D eigenvalue weighted by Crippen LogP contribution is 2.48. The Morgan fingerprint density at radius 3 is 2.71 bits per heavy atom. The number of aryl methyl sites for hydroxylation is 2. The second-order valence-corrected chi connectivity index (χ2v) is 10.0. The summed E-state index contributed by atoms with van der Waals surface area (Å²) in [6.45, 7) is 10.3. The van der Waals surface area contributed by atoms with Crippen LogP contribution in [-0.2, 0) is 16.6 Å². The van der Waals surface area contributed by atoms with Crippen molar-refractivity contribution in [3.05, 3.63) is 63.8 Å². The Kier molecular flexibility index (Phi) is 5.37. The van der Waals surface area contributed by atoms with Crippen molar-refractivity contribution in [3.63, 3.8) is 0 Å². The number of carbonyl (C=O) groups is 2. The molecule has 7 nitrogen and oxygen atoms in total. The molecule has 0 saturated heterocycles. The zero-order valence-electron chi connectivity index (χ0n) is 18.1. The first kappa shape index (κ1) is 21.5. The van der Waals surface area contributed by atoms with Crippen molar-refractivity contribution in [1.29, 1.82) is 0 Å². The lowest BCUT2D eigenvalue weighted by molar-refractivity contribution is -0.120. The number of halogens is 1. The minimum Gasteiger partial charge on any atom is -0.362 e. The molecule has 2 N–H and O–H groups in total. The molecule has 2 aromatic heterocycles. The molecule has 162 valence electrons. The van der Waals surface area contributed by atoms with E-state index in [0.717, 1.165) is 27.8 Å². The summed E-state index contributed by atoms with van der Waals surface area (Å²) in [6, 6.07) is 3.54. The lowest BCUT2D eigenvalue weighted by Gasteiger charge is -2.42. The zero-order valence-corrected chi connectivity index (χ0v) is 19.7. The SMILES string of the molecule is C=C1NC2=C(C(=O)CC(C)(C)C2)C(c2cn(C)nc2C)C1C(=O)Nc1ccc(Br)cn1. The number of hydrogen-bond donors (Lipinski definition) is 2. The number of nitrogens with one attached hydrogen (secondary N) is 2. The molecule has 0 fully saturated rings. The van der Waals surface area contributed by atoms with Crippen LogP contribution in [0.1, 0.15) is 43.9 Å². The van der Waals surface area contributed by atoms with Gasteiger partial charge in [-0.1, -0.05) is 20.4 Å². The first-order chi connectivity index (χ1) is 14.6. The molecule has 1 aliphatic carbocycles. The predicted octanol–water partition coefficient (Wildman–Crippen LogP) is 3.98. The molecular formula is C23H26BrN5O2. The molecule has 1 amide bonds. The van der Waals surface area contributed by atoms with Crippen LogP contribution in [-0.4, -0.2) is 26.5 Å². The number of carbonyl (C=O) groups excluding carboxylic acids is 2. The fourth-order valence-corrected chi connectivity index (χ4v) is 4.90. The van der Waals surface area contributed by atoms with Crippen LogP contribution in [0.5, 0.6) is 0 Å². The average Bonchev–Trinajstić information content (AvgIpc) is 2.99. The summed E-state index contributed by atoms with van der Waals surface area (Å²) >= 11 is 3.35. The van der Waals surface area contributed by atoms with E-state index in [1.54, 1.807) is 16.9 Å². The van der Waals surface area contributed by atoms with Gasteiger partial charge in [-0.2, -0.15) is 5.10 Å². The largest absolute Gasteiger partial charge is 0.362 e. The smallest absolute Gasteiger partial charge is 0.235 e. The van der Waals surface area contributed by atoms with Crippen LogP contribution in [0.15, 0.2) is 52.5 Å². The van der Waals surface area contributed by atoms with Crippen LogP contribution in [0, 0.1) is 18.3 Å². The van der Waals surface area contributed by atoms with Gasteiger partial charge in [0.25, 0.3) is 0 Å². The second kappa shape index (κ2) is 7.75. The maximum atomic E-state index is 13.4. The van der Waals surface area contributed by atoms with Crippen molar-refractivity contribution < 1.29 is 9.59 Å². The highest BCUT2D eigenvalue weighted by molar-refractivity contribution is 9.10. The van der Waals surface area contributed by atoms with E-state index in [1.807, 2.05) is 26.2 Å². The fourth-order valence-electron chi connectivity index (χ4n) is 4.67. The van der Waals surface area contributed by atoms with E-state index in [-0.39, 0.29) is 17.1 Å². The minimum absolute atomic E-state index is 0.0686. The number of Topliss-reactive ketones (excluding diaryl/α,β-unsaturated/α-hetero) is 1. The van der Waals surface area contributed by atoms with Gasteiger partial charge in [-0.25, -0.2) is 4.98 Å². The van der Waals surface area contributed by atoms with E-state index in [9.17, 15) is 9.59 Å². The lowest BCUT2D eigenvalue weighted by atomic mass is 9.66. The third-order valence-corrected chi connectivity index (χ3v) is 6.37. The molecular weight excluding hydrogens is 458 g/mol. The van der Waals surface area contributed by atoms with Gasteiger partial charge >= 0.3 is 0 Å². The van der Waals surface area contributed by atoms with Gasteiger partial charge < -0.3 is 10.6 Å². The molecule has 4 rings (SSSR count). The van der Waals surface area contributed by atoms with Crippen LogP contribution in [0.2, 0.25) is 0 Å². The van der Waals surface area contributed by atoms with Gasteiger partial charge in [-0.3, -0.25) is 14.3 Å². The standard InChI is InChI=1S/C23H26BrN5O2/c1-12-15(11-29(5)28-12)20-19(22(31)27-18-7-6-14(24)10-25-18)13(2)26-16-8-23(3,4)9-17(30)21(16)20/h6-7,10-11,19-20,26H,2,8-9H2,1,3-5H3,(H,25,27,31). The van der Waals surface area contributed by atoms with E-state index in [1.165, 1.54) is 0 Å². The van der Waals surface area contributed by atoms with E-state index in [4.69, 9.17) is 0 Å². The maximum absolute atomic E-state index is 13.4. The van der Waals surface area contributed by atoms with Gasteiger partial charge in [0, 0.05) is 58.8 Å². The molecule has 1 aliphatic heterocycles. The quantitative estimate of drug-likeness (QED) is 0.688. The monoisotopic (exact) mass is 483 g/mol. The number of ketones is 1. The molecule has 0 radical (unpaired) electrons. The zero-order chi connectivity index (χ0) is 22.5. The molecule has 0 bridgehead atoms. The Morgan fingerprint density at radius 1 is 1.35 bits per heavy atom. The fraction of sp³-hybridized carbons (Fsp3) is 0.391. The van der Waals surface area contributed by atoms with Crippen LogP contribution >= 0.6 is 15.9 Å². The Morgan fingerprint density at radius 2 is 2.10 bits per heavy atom. The average molecular weight is 484 g/mol. The third kappa shape index (κ3) is 4.08. The maximum Gasteiger partial charge on any atom is 0.235 e. The first-order valence-electron chi connectivity index (χ1n) is 10.2. The molecule has 8 heteroatoms. The van der Waals surface area contributed by atoms with E-state index >= 15 is 0 Å². The summed E-state index contributed by atoms with van der Waals surface area (Å²) < 4.78 is 2.54. The summed E-state index contributed by atoms with van der Waals surface area (Å²) in [5.41, 5.74) is 3.64. The Bertz CT molecular complexity index is 1110. The molecule has 0 spiro atoms. The number of rotatable bonds is 3. The number of hydrogen-bond acceptors (Lipinski definition) is 5. The summed E-state index contributed by atoms with van der Waals surface area (Å²) in [4.78, 5) is 31.0. The minimum atomic E-state index is -0.669. The van der Waals surface area contributed by atoms with Gasteiger partial charge in [-0.15, -0.1) is 0 Å². The molecule has 2 aliphatic rings. The number of nitrogens with zero attached hydrogens (tertiary/aromatic N) is 3. The van der Waals surface area contributed by atoms with Crippen LogP contribution in [0.3, 0.4) is 0 Å². The normalized spacial score (nSPS) is 22.7. The Labute approximate surface area is 190 Å². The topological polar surface area (TPSA) is 88.9 Å². The van der Waals surface area contributed by atoms with Gasteiger partial charge in [-0.05, 0) is 46.8 Å². The van der Waals surface area contributed by atoms with Crippen molar-refractivity contribution in [2.75, 3.05) is 5.32 Å². The summed E-state index contributed by atoms with van der Waals surface area (Å²) in [5, 5.41) is 10.7. The van der Waals surface area contributed by atoms with Crippen molar-refractivity contribution in [1.82, 2.24) is 20.1 Å². The summed E-state index contributed by atoms with van der Waals surface area (Å²) in [5.74, 6) is -0.865. The number of pyridine rings is 1. The third-order valence-electron chi connectivity index (χ3n) is 5.90. The highest BCUT2D eigenvalue weighted by atomic mass is 79.9. The number of amides is 1. The van der Waals surface area contributed by atoms with E-state index in [0.29, 0.717) is 23.5 Å². The van der Waals surface area contributed by atoms with Crippen LogP contribution in [0.4, 0.5) is 5.82 Å². The van der Waals surface area contributed by atoms with Gasteiger partial charge in [0.1, 0.15) is 5.82 Å². The Hall–Kier alpha value is -2.74. The van der Waals surface area contributed by atoms with Crippen molar-refractivity contribution in [2.24, 2.45) is 18.4 Å². The van der Waals surface area contributed by atoms with E-state index in [2.05, 4.69) is 57.1 Å². The molecule has 2 aromatic rings. The Balaban J connectivity index is 1.80. The van der Waals surface area contributed by atoms with Crippen molar-refractivity contribution >= 4 is 33.4 Å². The molecule has 0 aromatic carbocycles. The number of allylic oxidation sites excluding steroid dienone is 2. The van der Waals surface area contributed by atoms with Gasteiger partial charge in [0.05, 0.1) is 11.6 Å². The van der Waals surface area contributed by atoms with Gasteiger partial charge in [0.15, 0.2) is 5.78 Å². The molecule has 0 saturated carbocycles. The molecule has 2 atom stereocenters. The summed E-state index contributed by atoms with van der Waals surface area (Å²) in [7, 11) is 1.84. The lowest BCUT2D eigenvalue weighted by Crippen LogP contribution is -2.44. The van der Waals surface area contributed by atoms with Crippen LogP contribution in [0.25, 0.3) is 0 Å². The van der Waals surface area contributed by atoms with Crippen molar-refractivity contribution in [2.45, 2.75) is 39.5 Å². The molecule has 2 unspecified atom stereocenters. The van der Waals surface area contributed by atoms with Gasteiger partial charge in [0.2, 0.25) is 5.91 Å². The first-order valence-corrected chi connectivity index (χ1v) is 11.0.